The Morgan fingerprint density at radius 2 is 1.88 bits per heavy atom. The summed E-state index contributed by atoms with van der Waals surface area (Å²) in [5.41, 5.74) is 0. The van der Waals surface area contributed by atoms with E-state index in [0.29, 0.717) is 25.7 Å². The van der Waals surface area contributed by atoms with E-state index in [4.69, 9.17) is 5.14 Å². The van der Waals surface area contributed by atoms with Crippen LogP contribution >= 0.6 is 0 Å². The smallest absolute Gasteiger partial charge is 0.296 e. The average Bonchev–Trinajstić information content (AvgIpc) is 2.17. The highest BCUT2D eigenvalue weighted by molar-refractivity contribution is 7.89. The first-order valence-electron chi connectivity index (χ1n) is 5.18. The number of carbonyl (C=O) groups excluding carboxylic acids is 1. The van der Waals surface area contributed by atoms with Crippen LogP contribution in [0.15, 0.2) is 0 Å². The fourth-order valence-corrected chi connectivity index (χ4v) is 2.80. The van der Waals surface area contributed by atoms with E-state index < -0.39 is 15.3 Å². The highest BCUT2D eigenvalue weighted by Gasteiger charge is 2.28. The summed E-state index contributed by atoms with van der Waals surface area (Å²) in [5, 5.41) is 7.35. The van der Waals surface area contributed by atoms with Gasteiger partial charge in [-0.2, -0.15) is 0 Å². The van der Waals surface area contributed by atoms with Crippen LogP contribution in [0.1, 0.15) is 32.6 Å². The van der Waals surface area contributed by atoms with Gasteiger partial charge in [-0.05, 0) is 38.5 Å². The highest BCUT2D eigenvalue weighted by Crippen LogP contribution is 2.22. The Balaban J connectivity index is 2.43. The van der Waals surface area contributed by atoms with Crippen molar-refractivity contribution in [2.75, 3.05) is 0 Å². The third-order valence-electron chi connectivity index (χ3n) is 2.71. The molecule has 0 aromatic rings. The first kappa shape index (κ1) is 13.0. The summed E-state index contributed by atoms with van der Waals surface area (Å²) in [4.78, 5) is 11.2. The number of hydrogen-bond acceptors (Lipinski definition) is 3. The Hall–Kier alpha value is -1.06. The van der Waals surface area contributed by atoms with Crippen molar-refractivity contribution in [2.45, 2.75) is 43.9 Å². The van der Waals surface area contributed by atoms with Gasteiger partial charge in [-0.1, -0.05) is 5.92 Å². The van der Waals surface area contributed by atoms with Gasteiger partial charge >= 0.3 is 0 Å². The molecule has 1 rings (SSSR count). The first-order chi connectivity index (χ1) is 7.43. The van der Waals surface area contributed by atoms with Gasteiger partial charge in [0.1, 0.15) is 0 Å². The van der Waals surface area contributed by atoms with Gasteiger partial charge in [-0.15, -0.1) is 0 Å². The summed E-state index contributed by atoms with van der Waals surface area (Å²) in [6.45, 7) is 1.59. The van der Waals surface area contributed by atoms with E-state index in [1.165, 1.54) is 0 Å². The molecule has 0 radical (unpaired) electrons. The molecule has 0 unspecified atom stereocenters. The molecule has 1 saturated carbocycles. The highest BCUT2D eigenvalue weighted by atomic mass is 32.2. The van der Waals surface area contributed by atoms with E-state index in [9.17, 15) is 13.2 Å². The molecular weight excluding hydrogens is 228 g/mol. The summed E-state index contributed by atoms with van der Waals surface area (Å²) in [5.74, 6) is 4.60. The Kier molecular flexibility index (Phi) is 4.33. The first-order valence-corrected chi connectivity index (χ1v) is 6.79. The standard InChI is InChI=1S/C10H16N2O3S/c1-2-3-10(13)12-8-4-6-9(7-5-8)16(11,14)15/h8-9H,4-7H2,1H3,(H,12,13)(H2,11,14,15). The number of carbonyl (C=O) groups is 1. The fraction of sp³-hybridized carbons (Fsp3) is 0.700. The molecular formula is C10H16N2O3S. The number of rotatable bonds is 2. The Labute approximate surface area is 95.8 Å². The third-order valence-corrected chi connectivity index (χ3v) is 4.11. The van der Waals surface area contributed by atoms with Crippen molar-refractivity contribution in [1.82, 2.24) is 5.32 Å². The minimum Gasteiger partial charge on any atom is -0.343 e. The van der Waals surface area contributed by atoms with Gasteiger partial charge in [0.25, 0.3) is 5.91 Å². The number of nitrogens with two attached hydrogens (primary N) is 1. The van der Waals surface area contributed by atoms with Crippen LogP contribution in [0.5, 0.6) is 0 Å². The van der Waals surface area contributed by atoms with Crippen molar-refractivity contribution in [1.29, 1.82) is 0 Å². The van der Waals surface area contributed by atoms with Gasteiger partial charge in [0.2, 0.25) is 10.0 Å². The molecule has 1 aliphatic carbocycles. The zero-order valence-electron chi connectivity index (χ0n) is 9.19. The maximum Gasteiger partial charge on any atom is 0.296 e. The normalized spacial score (nSPS) is 25.4. The van der Waals surface area contributed by atoms with Gasteiger partial charge in [0, 0.05) is 6.04 Å². The largest absolute Gasteiger partial charge is 0.343 e. The molecule has 90 valence electrons. The third kappa shape index (κ3) is 3.83. The number of amides is 1. The van der Waals surface area contributed by atoms with Gasteiger partial charge < -0.3 is 5.32 Å². The minimum absolute atomic E-state index is 0.0198. The molecule has 16 heavy (non-hydrogen) atoms. The molecule has 0 aliphatic heterocycles. The summed E-state index contributed by atoms with van der Waals surface area (Å²) >= 11 is 0. The molecule has 1 fully saturated rings. The molecule has 6 heteroatoms. The number of nitrogens with one attached hydrogen (secondary N) is 1. The second-order valence-corrected chi connectivity index (χ2v) is 5.76. The van der Waals surface area contributed by atoms with Crippen LogP contribution in [0, 0.1) is 11.8 Å². The summed E-state index contributed by atoms with van der Waals surface area (Å²) < 4.78 is 22.2. The van der Waals surface area contributed by atoms with Crippen molar-refractivity contribution in [3.63, 3.8) is 0 Å². The van der Waals surface area contributed by atoms with Crippen molar-refractivity contribution in [3.05, 3.63) is 0 Å². The van der Waals surface area contributed by atoms with Gasteiger partial charge in [0.05, 0.1) is 5.25 Å². The molecule has 1 amide bonds. The zero-order valence-corrected chi connectivity index (χ0v) is 10.0. The lowest BCUT2D eigenvalue weighted by Gasteiger charge is -2.27. The lowest BCUT2D eigenvalue weighted by molar-refractivity contribution is -0.116. The Morgan fingerprint density at radius 1 is 1.31 bits per heavy atom. The summed E-state index contributed by atoms with van der Waals surface area (Å²) in [7, 11) is -3.43. The monoisotopic (exact) mass is 244 g/mol. The number of primary sulfonamides is 1. The quantitative estimate of drug-likeness (QED) is 0.655. The lowest BCUT2D eigenvalue weighted by atomic mass is 9.95. The lowest BCUT2D eigenvalue weighted by Crippen LogP contribution is -2.41. The molecule has 0 bridgehead atoms. The predicted octanol–water partition coefficient (Wildman–Crippen LogP) is -0.274. The van der Waals surface area contributed by atoms with E-state index in [0.717, 1.165) is 0 Å². The van der Waals surface area contributed by atoms with Crippen LogP contribution < -0.4 is 10.5 Å². The van der Waals surface area contributed by atoms with Gasteiger partial charge in [-0.25, -0.2) is 13.6 Å². The van der Waals surface area contributed by atoms with Crippen molar-refractivity contribution >= 4 is 15.9 Å². The van der Waals surface area contributed by atoms with Crippen LogP contribution in [-0.2, 0) is 14.8 Å². The van der Waals surface area contributed by atoms with E-state index in [-0.39, 0.29) is 11.9 Å². The zero-order chi connectivity index (χ0) is 12.2. The topological polar surface area (TPSA) is 89.3 Å². The second-order valence-electron chi connectivity index (χ2n) is 3.91. The van der Waals surface area contributed by atoms with Crippen molar-refractivity contribution in [2.24, 2.45) is 5.14 Å². The van der Waals surface area contributed by atoms with Crippen molar-refractivity contribution < 1.29 is 13.2 Å². The van der Waals surface area contributed by atoms with E-state index >= 15 is 0 Å². The number of sulfonamides is 1. The Bertz CT molecular complexity index is 411. The maximum atomic E-state index is 11.2. The second kappa shape index (κ2) is 5.32. The molecule has 0 atom stereocenters. The minimum atomic E-state index is -3.43. The van der Waals surface area contributed by atoms with E-state index in [2.05, 4.69) is 17.2 Å². The van der Waals surface area contributed by atoms with E-state index in [1.807, 2.05) is 0 Å². The summed E-state index contributed by atoms with van der Waals surface area (Å²) in [6, 6.07) is 0.0198. The molecule has 0 saturated heterocycles. The van der Waals surface area contributed by atoms with E-state index in [1.54, 1.807) is 6.92 Å². The molecule has 0 heterocycles. The molecule has 3 N–H and O–H groups in total. The van der Waals surface area contributed by atoms with Crippen LogP contribution in [0.2, 0.25) is 0 Å². The van der Waals surface area contributed by atoms with Crippen LogP contribution in [0.4, 0.5) is 0 Å². The van der Waals surface area contributed by atoms with Crippen LogP contribution in [0.3, 0.4) is 0 Å². The molecule has 0 spiro atoms. The molecule has 5 nitrogen and oxygen atoms in total. The van der Waals surface area contributed by atoms with Gasteiger partial charge in [-0.3, -0.25) is 4.79 Å². The summed E-state index contributed by atoms with van der Waals surface area (Å²) in [6.07, 6.45) is 2.28. The van der Waals surface area contributed by atoms with Crippen molar-refractivity contribution in [3.8, 4) is 11.8 Å². The fourth-order valence-electron chi connectivity index (χ4n) is 1.87. The molecule has 1 aliphatic rings. The van der Waals surface area contributed by atoms with Crippen LogP contribution in [0.25, 0.3) is 0 Å². The van der Waals surface area contributed by atoms with Crippen LogP contribution in [-0.4, -0.2) is 25.6 Å². The predicted molar refractivity (Wildman–Crippen MR) is 60.7 cm³/mol. The maximum absolute atomic E-state index is 11.2. The Morgan fingerprint density at radius 3 is 2.31 bits per heavy atom. The number of hydrogen-bond donors (Lipinski definition) is 2. The van der Waals surface area contributed by atoms with Gasteiger partial charge in [0.15, 0.2) is 0 Å². The molecule has 0 aromatic heterocycles. The SMILES string of the molecule is CC#CC(=O)NC1CCC(S(N)(=O)=O)CC1. The molecule has 0 aromatic carbocycles. The average molecular weight is 244 g/mol.